The van der Waals surface area contributed by atoms with E-state index >= 15 is 0 Å². The first-order chi connectivity index (χ1) is 15.3. The summed E-state index contributed by atoms with van der Waals surface area (Å²) in [6, 6.07) is 13.0. The van der Waals surface area contributed by atoms with Crippen molar-refractivity contribution in [2.45, 2.75) is 25.4 Å². The number of carboxylic acids is 1. The number of aliphatic carboxylic acids is 1. The quantitative estimate of drug-likeness (QED) is 0.572. The number of amides is 3. The van der Waals surface area contributed by atoms with Crippen molar-refractivity contribution in [1.29, 1.82) is 0 Å². The van der Waals surface area contributed by atoms with E-state index in [1.165, 1.54) is 11.8 Å². The first kappa shape index (κ1) is 22.8. The number of nitrogens with one attached hydrogen (secondary N) is 2. The fourth-order valence-electron chi connectivity index (χ4n) is 3.49. The molecule has 2 aromatic rings. The normalized spacial score (nSPS) is 17.4. The third kappa shape index (κ3) is 5.23. The lowest BCUT2D eigenvalue weighted by molar-refractivity contribution is -0.142. The summed E-state index contributed by atoms with van der Waals surface area (Å²) in [5, 5.41) is 14.5. The Morgan fingerprint density at radius 3 is 2.31 bits per heavy atom. The number of carboxylic acid groups (broad SMARTS) is 1. The molecular formula is C23H25N3O6. The summed E-state index contributed by atoms with van der Waals surface area (Å²) in [7, 11) is 1.55. The zero-order valence-electron chi connectivity index (χ0n) is 17.8. The molecule has 1 saturated heterocycles. The molecule has 0 radical (unpaired) electrons. The summed E-state index contributed by atoms with van der Waals surface area (Å²) in [4.78, 5) is 50.7. The Hall–Kier alpha value is -3.88. The Kier molecular flexibility index (Phi) is 7.09. The van der Waals surface area contributed by atoms with Gasteiger partial charge in [-0.15, -0.1) is 0 Å². The fourth-order valence-corrected chi connectivity index (χ4v) is 3.49. The molecule has 3 N–H and O–H groups in total. The molecule has 3 rings (SSSR count). The largest absolute Gasteiger partial charge is 0.497 e. The van der Waals surface area contributed by atoms with Crippen molar-refractivity contribution in [3.05, 3.63) is 60.2 Å². The minimum Gasteiger partial charge on any atom is -0.497 e. The molecule has 0 bridgehead atoms. The molecule has 0 spiro atoms. The molecule has 32 heavy (non-hydrogen) atoms. The Morgan fingerprint density at radius 1 is 1.06 bits per heavy atom. The molecule has 1 heterocycles. The second kappa shape index (κ2) is 9.95. The van der Waals surface area contributed by atoms with E-state index in [0.717, 1.165) is 0 Å². The van der Waals surface area contributed by atoms with E-state index in [-0.39, 0.29) is 18.9 Å². The van der Waals surface area contributed by atoms with Crippen molar-refractivity contribution >= 4 is 29.4 Å². The van der Waals surface area contributed by atoms with Crippen molar-refractivity contribution < 1.29 is 29.0 Å². The van der Waals surface area contributed by atoms with Crippen molar-refractivity contribution in [1.82, 2.24) is 10.6 Å². The van der Waals surface area contributed by atoms with E-state index in [2.05, 4.69) is 10.6 Å². The molecule has 1 fully saturated rings. The Morgan fingerprint density at radius 2 is 1.72 bits per heavy atom. The number of anilines is 1. The van der Waals surface area contributed by atoms with Crippen LogP contribution < -0.4 is 20.3 Å². The van der Waals surface area contributed by atoms with Gasteiger partial charge in [0.25, 0.3) is 0 Å². The molecular weight excluding hydrogens is 414 g/mol. The van der Waals surface area contributed by atoms with Gasteiger partial charge in [0, 0.05) is 18.7 Å². The molecule has 1 aliphatic heterocycles. The summed E-state index contributed by atoms with van der Waals surface area (Å²) in [6.07, 6.45) is 0.0218. The number of nitrogens with zero attached hydrogens (tertiary/aromatic N) is 1. The third-order valence-corrected chi connectivity index (χ3v) is 5.30. The number of hydrogen-bond donors (Lipinski definition) is 3. The second-order valence-electron chi connectivity index (χ2n) is 7.52. The second-order valence-corrected chi connectivity index (χ2v) is 7.52. The van der Waals surface area contributed by atoms with Crippen LogP contribution in [0.4, 0.5) is 5.69 Å². The number of carbonyl (C=O) groups excluding carboxylic acids is 3. The molecule has 9 heteroatoms. The van der Waals surface area contributed by atoms with Gasteiger partial charge in [-0.3, -0.25) is 14.4 Å². The Labute approximate surface area is 185 Å². The first-order valence-corrected chi connectivity index (χ1v) is 10.1. The highest BCUT2D eigenvalue weighted by Gasteiger charge is 2.36. The van der Waals surface area contributed by atoms with Crippen LogP contribution in [-0.4, -0.2) is 48.5 Å². The number of hydrogen-bond acceptors (Lipinski definition) is 5. The molecule has 3 amide bonds. The van der Waals surface area contributed by atoms with Gasteiger partial charge < -0.3 is 25.4 Å². The van der Waals surface area contributed by atoms with Gasteiger partial charge in [-0.25, -0.2) is 4.79 Å². The van der Waals surface area contributed by atoms with Crippen LogP contribution in [-0.2, 0) is 19.2 Å². The first-order valence-electron chi connectivity index (χ1n) is 10.1. The summed E-state index contributed by atoms with van der Waals surface area (Å²) in [5.41, 5.74) is 1.08. The van der Waals surface area contributed by atoms with E-state index in [1.807, 2.05) is 0 Å². The van der Waals surface area contributed by atoms with Crippen LogP contribution in [0.2, 0.25) is 0 Å². The summed E-state index contributed by atoms with van der Waals surface area (Å²) in [5.74, 6) is -2.44. The predicted octanol–water partition coefficient (Wildman–Crippen LogP) is 1.49. The summed E-state index contributed by atoms with van der Waals surface area (Å²) >= 11 is 0. The maximum atomic E-state index is 12.7. The van der Waals surface area contributed by atoms with E-state index in [0.29, 0.717) is 17.0 Å². The molecule has 0 saturated carbocycles. The van der Waals surface area contributed by atoms with Crippen LogP contribution in [0.15, 0.2) is 54.6 Å². The number of benzene rings is 2. The van der Waals surface area contributed by atoms with Crippen molar-refractivity contribution in [2.24, 2.45) is 5.92 Å². The zero-order valence-corrected chi connectivity index (χ0v) is 17.8. The van der Waals surface area contributed by atoms with Crippen molar-refractivity contribution in [3.8, 4) is 5.75 Å². The third-order valence-electron chi connectivity index (χ3n) is 5.30. The number of ether oxygens (including phenoxy) is 1. The van der Waals surface area contributed by atoms with Gasteiger partial charge >= 0.3 is 5.97 Å². The smallest absolute Gasteiger partial charge is 0.330 e. The maximum Gasteiger partial charge on any atom is 0.330 e. The topological polar surface area (TPSA) is 125 Å². The highest BCUT2D eigenvalue weighted by atomic mass is 16.5. The van der Waals surface area contributed by atoms with Gasteiger partial charge in [-0.1, -0.05) is 30.3 Å². The monoisotopic (exact) mass is 439 g/mol. The fraction of sp³-hybridized carbons (Fsp3) is 0.304. The van der Waals surface area contributed by atoms with Crippen LogP contribution in [0.25, 0.3) is 0 Å². The molecule has 0 aromatic heterocycles. The SMILES string of the molecule is COc1ccc(N2CC(C(=O)NC(C)C(=O)NC(C(=O)O)c3ccccc3)CC2=O)cc1. The average molecular weight is 439 g/mol. The molecule has 1 aliphatic rings. The minimum atomic E-state index is -1.23. The van der Waals surface area contributed by atoms with Crippen molar-refractivity contribution in [3.63, 3.8) is 0 Å². The van der Waals surface area contributed by atoms with Crippen LogP contribution in [0.5, 0.6) is 5.75 Å². The lowest BCUT2D eigenvalue weighted by Crippen LogP contribution is -2.49. The average Bonchev–Trinajstić information content (AvgIpc) is 3.19. The molecule has 2 aromatic carbocycles. The highest BCUT2D eigenvalue weighted by Crippen LogP contribution is 2.27. The molecule has 168 valence electrons. The lowest BCUT2D eigenvalue weighted by atomic mass is 10.1. The van der Waals surface area contributed by atoms with Crippen LogP contribution in [0.1, 0.15) is 24.9 Å². The Bertz CT molecular complexity index is 993. The van der Waals surface area contributed by atoms with E-state index in [4.69, 9.17) is 4.74 Å². The van der Waals surface area contributed by atoms with Crippen LogP contribution in [0.3, 0.4) is 0 Å². The van der Waals surface area contributed by atoms with Crippen LogP contribution >= 0.6 is 0 Å². The molecule has 3 unspecified atom stereocenters. The summed E-state index contributed by atoms with van der Waals surface area (Å²) < 4.78 is 5.11. The van der Waals surface area contributed by atoms with Gasteiger partial charge in [-0.2, -0.15) is 0 Å². The molecule has 9 nitrogen and oxygen atoms in total. The minimum absolute atomic E-state index is 0.0218. The maximum absolute atomic E-state index is 12.7. The molecule has 3 atom stereocenters. The number of carbonyl (C=O) groups is 4. The number of methoxy groups -OCH3 is 1. The van der Waals surface area contributed by atoms with E-state index in [9.17, 15) is 24.3 Å². The Balaban J connectivity index is 1.59. The zero-order chi connectivity index (χ0) is 23.3. The van der Waals surface area contributed by atoms with Gasteiger partial charge in [-0.05, 0) is 36.8 Å². The predicted molar refractivity (Wildman–Crippen MR) is 116 cm³/mol. The van der Waals surface area contributed by atoms with Gasteiger partial charge in [0.1, 0.15) is 11.8 Å². The van der Waals surface area contributed by atoms with Crippen LogP contribution in [0, 0.1) is 5.92 Å². The van der Waals surface area contributed by atoms with Gasteiger partial charge in [0.05, 0.1) is 13.0 Å². The lowest BCUT2D eigenvalue weighted by Gasteiger charge is -2.20. The standard InChI is InChI=1S/C23H25N3O6/c1-14(21(28)25-20(23(30)31)15-6-4-3-5-7-15)24-22(29)16-12-19(27)26(13-16)17-8-10-18(32-2)11-9-17/h3-11,14,16,20H,12-13H2,1-2H3,(H,24,29)(H,25,28)(H,30,31). The molecule has 0 aliphatic carbocycles. The summed E-state index contributed by atoms with van der Waals surface area (Å²) in [6.45, 7) is 1.66. The number of rotatable bonds is 8. The van der Waals surface area contributed by atoms with E-state index < -0.39 is 35.8 Å². The van der Waals surface area contributed by atoms with Crippen molar-refractivity contribution in [2.75, 3.05) is 18.6 Å². The highest BCUT2D eigenvalue weighted by molar-refractivity contribution is 6.01. The van der Waals surface area contributed by atoms with Gasteiger partial charge in [0.15, 0.2) is 6.04 Å². The van der Waals surface area contributed by atoms with E-state index in [1.54, 1.807) is 61.7 Å². The van der Waals surface area contributed by atoms with Gasteiger partial charge in [0.2, 0.25) is 17.7 Å².